The van der Waals surface area contributed by atoms with Crippen molar-refractivity contribution in [1.29, 1.82) is 0 Å². The molecule has 1 aliphatic rings. The Hall–Kier alpha value is -2.14. The zero-order chi connectivity index (χ0) is 13.8. The third-order valence-electron chi connectivity index (χ3n) is 3.54. The van der Waals surface area contributed by atoms with Gasteiger partial charge in [-0.1, -0.05) is 12.5 Å². The Labute approximate surface area is 118 Å². The van der Waals surface area contributed by atoms with Gasteiger partial charge in [-0.2, -0.15) is 0 Å². The van der Waals surface area contributed by atoms with Crippen LogP contribution in [-0.2, 0) is 4.79 Å². The Morgan fingerprint density at radius 3 is 3.10 bits per heavy atom. The lowest BCUT2D eigenvalue weighted by atomic mass is 10.0. The largest absolute Gasteiger partial charge is 0.325 e. The molecule has 104 valence electrons. The monoisotopic (exact) mass is 270 g/mol. The second-order valence-electron chi connectivity index (χ2n) is 5.01. The van der Waals surface area contributed by atoms with Crippen molar-refractivity contribution in [3.8, 4) is 5.69 Å². The van der Waals surface area contributed by atoms with Gasteiger partial charge in [0.2, 0.25) is 5.91 Å². The molecule has 20 heavy (non-hydrogen) atoms. The number of nitrogens with one attached hydrogen (secondary N) is 2. The summed E-state index contributed by atoms with van der Waals surface area (Å²) in [6, 6.07) is 7.69. The molecule has 5 heteroatoms. The van der Waals surface area contributed by atoms with Crippen LogP contribution in [0.2, 0.25) is 0 Å². The number of hydrogen-bond donors (Lipinski definition) is 2. The number of nitrogens with zero attached hydrogens (tertiary/aromatic N) is 2. The van der Waals surface area contributed by atoms with Crippen LogP contribution >= 0.6 is 0 Å². The van der Waals surface area contributed by atoms with Crippen molar-refractivity contribution >= 4 is 11.6 Å². The van der Waals surface area contributed by atoms with Crippen molar-refractivity contribution in [2.45, 2.75) is 25.3 Å². The summed E-state index contributed by atoms with van der Waals surface area (Å²) in [5.74, 6) is 0.0486. The predicted molar refractivity (Wildman–Crippen MR) is 77.8 cm³/mol. The highest BCUT2D eigenvalue weighted by molar-refractivity contribution is 5.95. The summed E-state index contributed by atoms with van der Waals surface area (Å²) in [7, 11) is 0. The average molecular weight is 270 g/mol. The Morgan fingerprint density at radius 2 is 2.35 bits per heavy atom. The molecular formula is C15H18N4O. The highest BCUT2D eigenvalue weighted by Crippen LogP contribution is 2.16. The van der Waals surface area contributed by atoms with Crippen LogP contribution in [0.1, 0.15) is 19.3 Å². The maximum absolute atomic E-state index is 12.2. The van der Waals surface area contributed by atoms with Crippen molar-refractivity contribution in [3.63, 3.8) is 0 Å². The molecule has 1 saturated heterocycles. The molecule has 0 unspecified atom stereocenters. The molecule has 5 nitrogen and oxygen atoms in total. The van der Waals surface area contributed by atoms with E-state index in [2.05, 4.69) is 15.6 Å². The Bertz CT molecular complexity index is 573. The number of rotatable bonds is 3. The van der Waals surface area contributed by atoms with Crippen molar-refractivity contribution in [1.82, 2.24) is 14.9 Å². The normalized spacial score (nSPS) is 18.7. The minimum Gasteiger partial charge on any atom is -0.325 e. The lowest BCUT2D eigenvalue weighted by Crippen LogP contribution is -2.43. The summed E-state index contributed by atoms with van der Waals surface area (Å²) < 4.78 is 1.91. The van der Waals surface area contributed by atoms with Gasteiger partial charge < -0.3 is 15.2 Å². The van der Waals surface area contributed by atoms with Gasteiger partial charge in [0.15, 0.2) is 0 Å². The first-order chi connectivity index (χ1) is 9.83. The van der Waals surface area contributed by atoms with Gasteiger partial charge in [-0.25, -0.2) is 4.98 Å². The third-order valence-corrected chi connectivity index (χ3v) is 3.54. The van der Waals surface area contributed by atoms with Crippen molar-refractivity contribution in [2.75, 3.05) is 11.9 Å². The minimum absolute atomic E-state index is 0.0486. The number of aromatic nitrogens is 2. The summed E-state index contributed by atoms with van der Waals surface area (Å²) in [6.45, 7) is 0.924. The molecule has 1 aromatic carbocycles. The van der Waals surface area contributed by atoms with Gasteiger partial charge in [0.1, 0.15) is 0 Å². The fourth-order valence-electron chi connectivity index (χ4n) is 2.46. The first kappa shape index (κ1) is 12.9. The lowest BCUT2D eigenvalue weighted by molar-refractivity contribution is -0.118. The Kier molecular flexibility index (Phi) is 3.78. The molecule has 1 aliphatic heterocycles. The molecule has 0 spiro atoms. The van der Waals surface area contributed by atoms with Crippen LogP contribution in [0, 0.1) is 0 Å². The van der Waals surface area contributed by atoms with Crippen LogP contribution in [0.25, 0.3) is 5.69 Å². The van der Waals surface area contributed by atoms with Crippen LogP contribution in [0.4, 0.5) is 5.69 Å². The molecule has 0 saturated carbocycles. The maximum Gasteiger partial charge on any atom is 0.241 e. The highest BCUT2D eigenvalue weighted by atomic mass is 16.2. The van der Waals surface area contributed by atoms with E-state index in [9.17, 15) is 4.79 Å². The van der Waals surface area contributed by atoms with E-state index in [4.69, 9.17) is 0 Å². The second kappa shape index (κ2) is 5.88. The first-order valence-electron chi connectivity index (χ1n) is 6.95. The zero-order valence-electron chi connectivity index (χ0n) is 11.2. The molecule has 1 fully saturated rings. The minimum atomic E-state index is -0.0688. The van der Waals surface area contributed by atoms with Crippen LogP contribution in [-0.4, -0.2) is 28.0 Å². The number of imidazole rings is 1. The molecule has 1 amide bonds. The van der Waals surface area contributed by atoms with E-state index < -0.39 is 0 Å². The van der Waals surface area contributed by atoms with Crippen molar-refractivity contribution in [3.05, 3.63) is 43.0 Å². The van der Waals surface area contributed by atoms with Gasteiger partial charge in [-0.3, -0.25) is 4.79 Å². The van der Waals surface area contributed by atoms with Gasteiger partial charge in [0.05, 0.1) is 12.4 Å². The number of amides is 1. The number of piperidine rings is 1. The Balaban J connectivity index is 1.71. The van der Waals surface area contributed by atoms with Crippen LogP contribution in [0.5, 0.6) is 0 Å². The fraction of sp³-hybridized carbons (Fsp3) is 0.333. The summed E-state index contributed by atoms with van der Waals surface area (Å²) >= 11 is 0. The van der Waals surface area contributed by atoms with E-state index in [1.54, 1.807) is 12.5 Å². The maximum atomic E-state index is 12.2. The zero-order valence-corrected chi connectivity index (χ0v) is 11.2. The van der Waals surface area contributed by atoms with Crippen LogP contribution in [0.15, 0.2) is 43.0 Å². The van der Waals surface area contributed by atoms with Crippen LogP contribution in [0.3, 0.4) is 0 Å². The van der Waals surface area contributed by atoms with Crippen molar-refractivity contribution in [2.24, 2.45) is 0 Å². The number of carbonyl (C=O) groups excluding carboxylic acids is 1. The van der Waals surface area contributed by atoms with Gasteiger partial charge in [-0.05, 0) is 37.6 Å². The molecule has 0 aliphatic carbocycles. The highest BCUT2D eigenvalue weighted by Gasteiger charge is 2.20. The Morgan fingerprint density at radius 1 is 1.40 bits per heavy atom. The van der Waals surface area contributed by atoms with E-state index in [-0.39, 0.29) is 11.9 Å². The van der Waals surface area contributed by atoms with E-state index >= 15 is 0 Å². The van der Waals surface area contributed by atoms with Gasteiger partial charge >= 0.3 is 0 Å². The van der Waals surface area contributed by atoms with Crippen molar-refractivity contribution < 1.29 is 4.79 Å². The molecule has 1 aromatic heterocycles. The summed E-state index contributed by atoms with van der Waals surface area (Å²) in [6.07, 6.45) is 8.53. The van der Waals surface area contributed by atoms with E-state index in [0.717, 1.165) is 37.2 Å². The smallest absolute Gasteiger partial charge is 0.241 e. The van der Waals surface area contributed by atoms with E-state index in [1.165, 1.54) is 0 Å². The number of anilines is 1. The summed E-state index contributed by atoms with van der Waals surface area (Å²) in [5.41, 5.74) is 1.80. The number of hydrogen-bond acceptors (Lipinski definition) is 3. The second-order valence-corrected chi connectivity index (χ2v) is 5.01. The average Bonchev–Trinajstić information content (AvgIpc) is 3.03. The molecule has 2 N–H and O–H groups in total. The lowest BCUT2D eigenvalue weighted by Gasteiger charge is -2.22. The standard InChI is InChI=1S/C15H18N4O/c20-15(14-6-1-2-7-17-14)18-12-4-3-5-13(10-12)19-9-8-16-11-19/h3-5,8-11,14,17H,1-2,6-7H2,(H,18,20)/t14-/m1/s1. The number of carbonyl (C=O) groups is 1. The predicted octanol–water partition coefficient (Wildman–Crippen LogP) is 1.95. The third kappa shape index (κ3) is 2.88. The SMILES string of the molecule is O=C(Nc1cccc(-n2ccnc2)c1)[C@H]1CCCCN1. The molecule has 0 bridgehead atoms. The van der Waals surface area contributed by atoms with E-state index in [1.807, 2.05) is 35.0 Å². The topological polar surface area (TPSA) is 59.0 Å². The molecule has 1 atom stereocenters. The number of benzene rings is 1. The molecular weight excluding hydrogens is 252 g/mol. The van der Waals surface area contributed by atoms with Gasteiger partial charge in [0, 0.05) is 23.8 Å². The molecule has 2 heterocycles. The molecule has 2 aromatic rings. The first-order valence-corrected chi connectivity index (χ1v) is 6.95. The van der Waals surface area contributed by atoms with Gasteiger partial charge in [-0.15, -0.1) is 0 Å². The molecule has 3 rings (SSSR count). The quantitative estimate of drug-likeness (QED) is 0.896. The molecule has 0 radical (unpaired) electrons. The summed E-state index contributed by atoms with van der Waals surface area (Å²) in [4.78, 5) is 16.2. The van der Waals surface area contributed by atoms with Crippen LogP contribution < -0.4 is 10.6 Å². The van der Waals surface area contributed by atoms with Gasteiger partial charge in [0.25, 0.3) is 0 Å². The van der Waals surface area contributed by atoms with E-state index in [0.29, 0.717) is 0 Å². The summed E-state index contributed by atoms with van der Waals surface area (Å²) in [5, 5.41) is 6.23. The fourth-order valence-corrected chi connectivity index (χ4v) is 2.46.